The van der Waals surface area contributed by atoms with Crippen LogP contribution in [0.3, 0.4) is 0 Å². The first kappa shape index (κ1) is 17.5. The van der Waals surface area contributed by atoms with Crippen LogP contribution in [0.4, 0.5) is 10.1 Å². The van der Waals surface area contributed by atoms with E-state index in [0.717, 1.165) is 5.56 Å². The van der Waals surface area contributed by atoms with E-state index in [0.29, 0.717) is 35.8 Å². The van der Waals surface area contributed by atoms with Gasteiger partial charge in [-0.25, -0.2) is 9.37 Å². The van der Waals surface area contributed by atoms with Crippen LogP contribution in [0.2, 0.25) is 5.15 Å². The molecule has 1 aliphatic heterocycles. The SMILES string of the molecule is O=C1[C@@H](Cc2ccc(Cl)nc2)CCN1c1cnc(-c2ccncc2)c(F)c1. The summed E-state index contributed by atoms with van der Waals surface area (Å²) in [5, 5.41) is 0.425. The number of hydrogen-bond donors (Lipinski definition) is 0. The highest BCUT2D eigenvalue weighted by atomic mass is 35.5. The molecule has 3 aromatic rings. The van der Waals surface area contributed by atoms with E-state index < -0.39 is 5.82 Å². The zero-order valence-electron chi connectivity index (χ0n) is 14.3. The number of nitrogens with zero attached hydrogens (tertiary/aromatic N) is 4. The van der Waals surface area contributed by atoms with Crippen LogP contribution in [0.1, 0.15) is 12.0 Å². The Morgan fingerprint density at radius 2 is 1.96 bits per heavy atom. The molecule has 1 saturated heterocycles. The van der Waals surface area contributed by atoms with E-state index in [4.69, 9.17) is 11.6 Å². The summed E-state index contributed by atoms with van der Waals surface area (Å²) in [5.74, 6) is -0.643. The second kappa shape index (κ2) is 7.40. The summed E-state index contributed by atoms with van der Waals surface area (Å²) in [6.07, 6.45) is 7.70. The molecule has 0 aromatic carbocycles. The maximum atomic E-state index is 14.6. The second-order valence-corrected chi connectivity index (χ2v) is 6.82. The molecule has 1 atom stereocenters. The lowest BCUT2D eigenvalue weighted by atomic mass is 9.99. The van der Waals surface area contributed by atoms with Crippen molar-refractivity contribution in [3.63, 3.8) is 0 Å². The molecule has 0 radical (unpaired) electrons. The van der Waals surface area contributed by atoms with Gasteiger partial charge in [0.25, 0.3) is 0 Å². The molecule has 0 N–H and O–H groups in total. The van der Waals surface area contributed by atoms with Crippen LogP contribution >= 0.6 is 11.6 Å². The molecule has 27 heavy (non-hydrogen) atoms. The summed E-state index contributed by atoms with van der Waals surface area (Å²) < 4.78 is 14.6. The third kappa shape index (κ3) is 3.66. The van der Waals surface area contributed by atoms with Crippen LogP contribution in [0.25, 0.3) is 11.3 Å². The fourth-order valence-corrected chi connectivity index (χ4v) is 3.41. The summed E-state index contributed by atoms with van der Waals surface area (Å²) in [6, 6.07) is 8.35. The normalized spacial score (nSPS) is 16.7. The largest absolute Gasteiger partial charge is 0.311 e. The molecule has 0 aliphatic carbocycles. The summed E-state index contributed by atoms with van der Waals surface area (Å²) in [5.41, 5.74) is 2.33. The van der Waals surface area contributed by atoms with Crippen molar-refractivity contribution >= 4 is 23.2 Å². The van der Waals surface area contributed by atoms with Gasteiger partial charge in [-0.1, -0.05) is 17.7 Å². The quantitative estimate of drug-likeness (QED) is 0.641. The van der Waals surface area contributed by atoms with Crippen molar-refractivity contribution in [1.29, 1.82) is 0 Å². The van der Waals surface area contributed by atoms with Gasteiger partial charge in [-0.05, 0) is 36.6 Å². The van der Waals surface area contributed by atoms with Crippen molar-refractivity contribution in [2.45, 2.75) is 12.8 Å². The summed E-state index contributed by atoms with van der Waals surface area (Å²) in [7, 11) is 0. The second-order valence-electron chi connectivity index (χ2n) is 6.43. The fraction of sp³-hybridized carbons (Fsp3) is 0.200. The molecule has 3 aromatic heterocycles. The third-order valence-electron chi connectivity index (χ3n) is 4.68. The maximum absolute atomic E-state index is 14.6. The molecular weight excluding hydrogens is 367 g/mol. The summed E-state index contributed by atoms with van der Waals surface area (Å²) >= 11 is 5.80. The number of carbonyl (C=O) groups excluding carboxylic acids is 1. The molecule has 5 nitrogen and oxygen atoms in total. The van der Waals surface area contributed by atoms with Crippen LogP contribution in [0, 0.1) is 11.7 Å². The number of halogens is 2. The number of aromatic nitrogens is 3. The van der Waals surface area contributed by atoms with Gasteiger partial charge >= 0.3 is 0 Å². The van der Waals surface area contributed by atoms with Gasteiger partial charge in [0.05, 0.1) is 11.9 Å². The van der Waals surface area contributed by atoms with Crippen molar-refractivity contribution < 1.29 is 9.18 Å². The average molecular weight is 383 g/mol. The first-order chi connectivity index (χ1) is 13.1. The first-order valence-electron chi connectivity index (χ1n) is 8.59. The molecule has 136 valence electrons. The van der Waals surface area contributed by atoms with Crippen molar-refractivity contribution in [2.75, 3.05) is 11.4 Å². The molecular formula is C20H16ClFN4O. The number of carbonyl (C=O) groups is 1. The monoisotopic (exact) mass is 382 g/mol. The van der Waals surface area contributed by atoms with Crippen molar-refractivity contribution in [3.05, 3.63) is 71.7 Å². The molecule has 4 heterocycles. The van der Waals surface area contributed by atoms with E-state index in [1.807, 2.05) is 6.07 Å². The van der Waals surface area contributed by atoms with E-state index in [9.17, 15) is 9.18 Å². The van der Waals surface area contributed by atoms with Crippen molar-refractivity contribution in [3.8, 4) is 11.3 Å². The Morgan fingerprint density at radius 1 is 1.15 bits per heavy atom. The van der Waals surface area contributed by atoms with E-state index in [2.05, 4.69) is 15.0 Å². The molecule has 0 saturated carbocycles. The van der Waals surface area contributed by atoms with Crippen LogP contribution < -0.4 is 4.90 Å². The molecule has 0 spiro atoms. The van der Waals surface area contributed by atoms with Crippen LogP contribution in [0.5, 0.6) is 0 Å². The van der Waals surface area contributed by atoms with E-state index in [1.54, 1.807) is 47.9 Å². The Bertz CT molecular complexity index is 965. The topological polar surface area (TPSA) is 59.0 Å². The Morgan fingerprint density at radius 3 is 2.67 bits per heavy atom. The van der Waals surface area contributed by atoms with Crippen LogP contribution in [0.15, 0.2) is 55.1 Å². The van der Waals surface area contributed by atoms with Crippen molar-refractivity contribution in [1.82, 2.24) is 15.0 Å². The minimum Gasteiger partial charge on any atom is -0.311 e. The first-order valence-corrected chi connectivity index (χ1v) is 8.97. The molecule has 4 rings (SSSR count). The van der Waals surface area contributed by atoms with Gasteiger partial charge < -0.3 is 4.90 Å². The summed E-state index contributed by atoms with van der Waals surface area (Å²) in [6.45, 7) is 0.542. The standard InChI is InChI=1S/C20H16ClFN4O/c21-18-2-1-13(11-24-18)9-15-5-8-26(20(15)27)16-10-17(22)19(25-12-16)14-3-6-23-7-4-14/h1-4,6-7,10-12,15H,5,8-9H2/t15-/m1/s1. The number of anilines is 1. The van der Waals surface area contributed by atoms with Crippen LogP contribution in [-0.4, -0.2) is 27.4 Å². The number of rotatable bonds is 4. The highest BCUT2D eigenvalue weighted by molar-refractivity contribution is 6.29. The van der Waals surface area contributed by atoms with E-state index >= 15 is 0 Å². The fourth-order valence-electron chi connectivity index (χ4n) is 3.29. The lowest BCUT2D eigenvalue weighted by molar-refractivity contribution is -0.120. The Balaban J connectivity index is 1.51. The number of pyridine rings is 3. The zero-order valence-corrected chi connectivity index (χ0v) is 15.1. The molecule has 7 heteroatoms. The molecule has 0 unspecified atom stereocenters. The van der Waals surface area contributed by atoms with Gasteiger partial charge in [0.2, 0.25) is 5.91 Å². The van der Waals surface area contributed by atoms with Crippen LogP contribution in [-0.2, 0) is 11.2 Å². The lowest BCUT2D eigenvalue weighted by Crippen LogP contribution is -2.28. The number of amides is 1. The minimum atomic E-state index is -0.461. The molecule has 1 amide bonds. The third-order valence-corrected chi connectivity index (χ3v) is 4.90. The van der Waals surface area contributed by atoms with Crippen molar-refractivity contribution in [2.24, 2.45) is 5.92 Å². The molecule has 0 bridgehead atoms. The number of hydrogen-bond acceptors (Lipinski definition) is 4. The lowest BCUT2D eigenvalue weighted by Gasteiger charge is -2.17. The van der Waals surface area contributed by atoms with Gasteiger partial charge in [0, 0.05) is 42.7 Å². The van der Waals surface area contributed by atoms with Gasteiger partial charge in [-0.15, -0.1) is 0 Å². The minimum absolute atomic E-state index is 0.0252. The predicted octanol–water partition coefficient (Wildman–Crippen LogP) is 3.93. The smallest absolute Gasteiger partial charge is 0.230 e. The zero-order chi connectivity index (χ0) is 18.8. The van der Waals surface area contributed by atoms with E-state index in [-0.39, 0.29) is 17.5 Å². The Labute approximate surface area is 160 Å². The van der Waals surface area contributed by atoms with Gasteiger partial charge in [0.15, 0.2) is 5.82 Å². The maximum Gasteiger partial charge on any atom is 0.230 e. The highest BCUT2D eigenvalue weighted by Crippen LogP contribution is 2.30. The molecule has 1 aliphatic rings. The predicted molar refractivity (Wildman–Crippen MR) is 101 cm³/mol. The average Bonchev–Trinajstić information content (AvgIpc) is 3.04. The highest BCUT2D eigenvalue weighted by Gasteiger charge is 2.33. The van der Waals surface area contributed by atoms with Gasteiger partial charge in [-0.2, -0.15) is 0 Å². The Hall–Kier alpha value is -2.86. The van der Waals surface area contributed by atoms with E-state index in [1.165, 1.54) is 6.07 Å². The Kier molecular flexibility index (Phi) is 4.81. The van der Waals surface area contributed by atoms with Gasteiger partial charge in [0.1, 0.15) is 10.8 Å². The molecule has 1 fully saturated rings. The van der Waals surface area contributed by atoms with Gasteiger partial charge in [-0.3, -0.25) is 14.8 Å². The summed E-state index contributed by atoms with van der Waals surface area (Å²) in [4.78, 5) is 26.6.